The molecule has 3 heteroatoms. The quantitative estimate of drug-likeness (QED) is 0.526. The monoisotopic (exact) mass is 220 g/mol. The van der Waals surface area contributed by atoms with Gasteiger partial charge in [0.2, 0.25) is 0 Å². The second-order valence-corrected chi connectivity index (χ2v) is 6.42. The van der Waals surface area contributed by atoms with E-state index in [2.05, 4.69) is 27.4 Å². The average Bonchev–Trinajstić information content (AvgIpc) is 2.53. The molecule has 0 aromatic heterocycles. The van der Waals surface area contributed by atoms with E-state index in [0.29, 0.717) is 17.4 Å². The molecule has 1 heterocycles. The summed E-state index contributed by atoms with van der Waals surface area (Å²) in [7, 11) is -0.0531. The Labute approximate surface area is 98.5 Å². The minimum atomic E-state index is -0.0531. The highest BCUT2D eigenvalue weighted by Gasteiger charge is 2.67. The number of hydrogen-bond acceptors (Lipinski definition) is 2. The SMILES string of the molecule is C=CCB1O[C@@H]2C[C@H]3CC(C3(C)C)C2(C)O1. The van der Waals surface area contributed by atoms with Crippen LogP contribution in [0.5, 0.6) is 0 Å². The summed E-state index contributed by atoms with van der Waals surface area (Å²) in [6, 6.07) is 0. The summed E-state index contributed by atoms with van der Waals surface area (Å²) < 4.78 is 12.2. The molecule has 16 heavy (non-hydrogen) atoms. The zero-order chi connectivity index (χ0) is 11.6. The van der Waals surface area contributed by atoms with Crippen LogP contribution in [0.4, 0.5) is 0 Å². The molecule has 88 valence electrons. The Morgan fingerprint density at radius 2 is 2.12 bits per heavy atom. The maximum Gasteiger partial charge on any atom is 0.461 e. The van der Waals surface area contributed by atoms with Crippen molar-refractivity contribution in [3.63, 3.8) is 0 Å². The molecule has 4 rings (SSSR count). The van der Waals surface area contributed by atoms with Gasteiger partial charge in [0.05, 0.1) is 11.7 Å². The molecule has 2 nitrogen and oxygen atoms in total. The highest BCUT2D eigenvalue weighted by molar-refractivity contribution is 6.46. The predicted molar refractivity (Wildman–Crippen MR) is 65.1 cm³/mol. The van der Waals surface area contributed by atoms with Crippen molar-refractivity contribution in [1.29, 1.82) is 0 Å². The fourth-order valence-electron chi connectivity index (χ4n) is 4.19. The maximum absolute atomic E-state index is 6.19. The van der Waals surface area contributed by atoms with Crippen LogP contribution >= 0.6 is 0 Å². The minimum Gasteiger partial charge on any atom is -0.405 e. The third kappa shape index (κ3) is 1.16. The van der Waals surface area contributed by atoms with E-state index in [4.69, 9.17) is 9.31 Å². The normalized spacial score (nSPS) is 48.4. The smallest absolute Gasteiger partial charge is 0.405 e. The van der Waals surface area contributed by atoms with Gasteiger partial charge in [-0.1, -0.05) is 19.9 Å². The van der Waals surface area contributed by atoms with Crippen molar-refractivity contribution in [2.75, 3.05) is 0 Å². The fraction of sp³-hybridized carbons (Fsp3) is 0.846. The van der Waals surface area contributed by atoms with Crippen molar-refractivity contribution in [2.24, 2.45) is 17.3 Å². The van der Waals surface area contributed by atoms with Gasteiger partial charge in [-0.05, 0) is 37.0 Å². The molecule has 4 aliphatic rings. The van der Waals surface area contributed by atoms with Crippen molar-refractivity contribution in [3.05, 3.63) is 12.7 Å². The van der Waals surface area contributed by atoms with E-state index in [1.54, 1.807) is 0 Å². The van der Waals surface area contributed by atoms with Crippen molar-refractivity contribution in [2.45, 2.75) is 51.6 Å². The van der Waals surface area contributed by atoms with Crippen molar-refractivity contribution in [3.8, 4) is 0 Å². The molecule has 0 spiro atoms. The Morgan fingerprint density at radius 1 is 1.38 bits per heavy atom. The lowest BCUT2D eigenvalue weighted by atomic mass is 9.43. The first kappa shape index (κ1) is 10.9. The van der Waals surface area contributed by atoms with Crippen LogP contribution in [0.25, 0.3) is 0 Å². The minimum absolute atomic E-state index is 0.0497. The molecule has 0 N–H and O–H groups in total. The Kier molecular flexibility index (Phi) is 2.13. The first-order valence-electron chi connectivity index (χ1n) is 6.42. The molecular weight excluding hydrogens is 199 g/mol. The second kappa shape index (κ2) is 3.14. The van der Waals surface area contributed by atoms with Gasteiger partial charge in [0.15, 0.2) is 0 Å². The summed E-state index contributed by atoms with van der Waals surface area (Å²) in [5.74, 6) is 1.50. The van der Waals surface area contributed by atoms with Gasteiger partial charge in [-0.15, -0.1) is 6.58 Å². The third-order valence-corrected chi connectivity index (χ3v) is 5.36. The predicted octanol–water partition coefficient (Wildman–Crippen LogP) is 2.90. The first-order chi connectivity index (χ1) is 7.48. The lowest BCUT2D eigenvalue weighted by molar-refractivity contribution is -0.199. The summed E-state index contributed by atoms with van der Waals surface area (Å²) in [5, 5.41) is 0. The van der Waals surface area contributed by atoms with Crippen LogP contribution < -0.4 is 0 Å². The van der Waals surface area contributed by atoms with Crippen molar-refractivity contribution < 1.29 is 9.31 Å². The van der Waals surface area contributed by atoms with Crippen LogP contribution in [0.3, 0.4) is 0 Å². The molecule has 4 fully saturated rings. The summed E-state index contributed by atoms with van der Waals surface area (Å²) >= 11 is 0. The van der Waals surface area contributed by atoms with Gasteiger partial charge in [-0.25, -0.2) is 0 Å². The topological polar surface area (TPSA) is 18.5 Å². The van der Waals surface area contributed by atoms with Crippen LogP contribution in [0.1, 0.15) is 33.6 Å². The van der Waals surface area contributed by atoms with E-state index in [1.165, 1.54) is 12.8 Å². The van der Waals surface area contributed by atoms with E-state index in [0.717, 1.165) is 12.2 Å². The molecule has 0 amide bonds. The molecule has 4 atom stereocenters. The Bertz CT molecular complexity index is 328. The van der Waals surface area contributed by atoms with Gasteiger partial charge in [-0.3, -0.25) is 0 Å². The molecule has 0 aromatic carbocycles. The fourth-order valence-corrected chi connectivity index (χ4v) is 4.19. The second-order valence-electron chi connectivity index (χ2n) is 6.42. The van der Waals surface area contributed by atoms with Gasteiger partial charge >= 0.3 is 7.12 Å². The maximum atomic E-state index is 6.19. The van der Waals surface area contributed by atoms with Crippen LogP contribution in [0, 0.1) is 17.3 Å². The summed E-state index contributed by atoms with van der Waals surface area (Å²) in [4.78, 5) is 0. The molecule has 1 saturated heterocycles. The molecule has 3 saturated carbocycles. The molecule has 0 radical (unpaired) electrons. The van der Waals surface area contributed by atoms with E-state index in [-0.39, 0.29) is 12.7 Å². The van der Waals surface area contributed by atoms with Crippen molar-refractivity contribution >= 4 is 7.12 Å². The molecule has 1 aliphatic heterocycles. The standard InChI is InChI=1S/C13H21BO2/c1-5-6-14-15-11-8-9-7-10(12(9,2)3)13(11,4)16-14/h5,9-11H,1,6-8H2,2-4H3/t9-,10?,11-,13?/m1/s1. The van der Waals surface area contributed by atoms with E-state index in [1.807, 2.05) is 6.08 Å². The molecule has 0 aromatic rings. The number of allylic oxidation sites excluding steroid dienone is 1. The summed E-state index contributed by atoms with van der Waals surface area (Å²) in [6.07, 6.45) is 5.51. The zero-order valence-electron chi connectivity index (χ0n) is 10.5. The molecule has 2 unspecified atom stereocenters. The summed E-state index contributed by atoms with van der Waals surface area (Å²) in [5.41, 5.74) is 0.392. The summed E-state index contributed by atoms with van der Waals surface area (Å²) in [6.45, 7) is 10.8. The van der Waals surface area contributed by atoms with Gasteiger partial charge in [0, 0.05) is 6.32 Å². The number of hydrogen-bond donors (Lipinski definition) is 0. The van der Waals surface area contributed by atoms with Crippen LogP contribution in [-0.4, -0.2) is 18.8 Å². The lowest BCUT2D eigenvalue weighted by Gasteiger charge is -2.64. The number of rotatable bonds is 2. The third-order valence-electron chi connectivity index (χ3n) is 5.36. The lowest BCUT2D eigenvalue weighted by Crippen LogP contribution is -2.65. The molecule has 2 bridgehead atoms. The van der Waals surface area contributed by atoms with Gasteiger partial charge < -0.3 is 9.31 Å². The van der Waals surface area contributed by atoms with Crippen LogP contribution in [0.2, 0.25) is 6.32 Å². The Balaban J connectivity index is 1.84. The molecular formula is C13H21BO2. The van der Waals surface area contributed by atoms with E-state index >= 15 is 0 Å². The van der Waals surface area contributed by atoms with Crippen LogP contribution in [-0.2, 0) is 9.31 Å². The average molecular weight is 220 g/mol. The molecule has 3 aliphatic carbocycles. The van der Waals surface area contributed by atoms with E-state index < -0.39 is 0 Å². The van der Waals surface area contributed by atoms with E-state index in [9.17, 15) is 0 Å². The first-order valence-corrected chi connectivity index (χ1v) is 6.42. The highest BCUT2D eigenvalue weighted by atomic mass is 16.7. The highest BCUT2D eigenvalue weighted by Crippen LogP contribution is 2.65. The Morgan fingerprint density at radius 3 is 2.75 bits per heavy atom. The largest absolute Gasteiger partial charge is 0.461 e. The zero-order valence-corrected chi connectivity index (χ0v) is 10.5. The van der Waals surface area contributed by atoms with Gasteiger partial charge in [0.25, 0.3) is 0 Å². The van der Waals surface area contributed by atoms with Gasteiger partial charge in [-0.2, -0.15) is 0 Å². The van der Waals surface area contributed by atoms with Crippen LogP contribution in [0.15, 0.2) is 12.7 Å². The van der Waals surface area contributed by atoms with Crippen molar-refractivity contribution in [1.82, 2.24) is 0 Å². The van der Waals surface area contributed by atoms with Gasteiger partial charge in [0.1, 0.15) is 0 Å². The Hall–Kier alpha value is -0.275.